The molecular formula is C25H35ClO3. The molecule has 0 aromatic heterocycles. The Hall–Kier alpha value is -1.32. The normalized spacial score (nSPS) is 26.3. The summed E-state index contributed by atoms with van der Waals surface area (Å²) in [5.74, 6) is -0.275. The Morgan fingerprint density at radius 3 is 2.41 bits per heavy atom. The van der Waals surface area contributed by atoms with Gasteiger partial charge in [0.15, 0.2) is 0 Å². The summed E-state index contributed by atoms with van der Waals surface area (Å²) in [6.07, 6.45) is 6.01. The second-order valence-corrected chi connectivity index (χ2v) is 10.1. The van der Waals surface area contributed by atoms with E-state index in [4.69, 9.17) is 16.3 Å². The molecule has 160 valence electrons. The first-order valence-corrected chi connectivity index (χ1v) is 11.4. The van der Waals surface area contributed by atoms with Crippen molar-refractivity contribution in [2.75, 3.05) is 0 Å². The molecule has 0 bridgehead atoms. The van der Waals surface area contributed by atoms with Crippen LogP contribution < -0.4 is 0 Å². The molecule has 3 rings (SSSR count). The van der Waals surface area contributed by atoms with E-state index < -0.39 is 6.10 Å². The van der Waals surface area contributed by atoms with Crippen molar-refractivity contribution in [1.82, 2.24) is 0 Å². The molecule has 0 saturated carbocycles. The van der Waals surface area contributed by atoms with E-state index in [-0.39, 0.29) is 29.3 Å². The van der Waals surface area contributed by atoms with E-state index in [1.807, 2.05) is 12.1 Å². The molecule has 0 unspecified atom stereocenters. The number of halogens is 1. The Labute approximate surface area is 180 Å². The molecule has 1 aromatic carbocycles. The Balaban J connectivity index is 1.98. The smallest absolute Gasteiger partial charge is 0.308 e. The van der Waals surface area contributed by atoms with Crippen molar-refractivity contribution < 1.29 is 14.6 Å². The minimum atomic E-state index is -0.571. The zero-order chi connectivity index (χ0) is 21.2. The topological polar surface area (TPSA) is 46.5 Å². The highest BCUT2D eigenvalue weighted by Crippen LogP contribution is 2.56. The van der Waals surface area contributed by atoms with Crippen LogP contribution >= 0.6 is 11.6 Å². The van der Waals surface area contributed by atoms with Crippen LogP contribution in [-0.4, -0.2) is 23.3 Å². The average Bonchev–Trinajstić information content (AvgIpc) is 2.65. The summed E-state index contributed by atoms with van der Waals surface area (Å²) in [5.41, 5.74) is 4.60. The lowest BCUT2D eigenvalue weighted by Gasteiger charge is -2.48. The lowest BCUT2D eigenvalue weighted by Crippen LogP contribution is -2.36. The maximum absolute atomic E-state index is 11.8. The fourth-order valence-electron chi connectivity index (χ4n) is 5.60. The highest BCUT2D eigenvalue weighted by Gasteiger charge is 2.43. The highest BCUT2D eigenvalue weighted by atomic mass is 35.5. The second-order valence-electron chi connectivity index (χ2n) is 9.71. The van der Waals surface area contributed by atoms with E-state index in [1.165, 1.54) is 23.1 Å². The molecule has 1 aliphatic heterocycles. The molecule has 29 heavy (non-hydrogen) atoms. The number of cyclic esters (lactones) is 1. The number of benzene rings is 1. The van der Waals surface area contributed by atoms with Gasteiger partial charge in [0.05, 0.1) is 12.5 Å². The van der Waals surface area contributed by atoms with Gasteiger partial charge < -0.3 is 9.84 Å². The molecule has 1 N–H and O–H groups in total. The number of carbonyl (C=O) groups excluding carboxylic acids is 1. The van der Waals surface area contributed by atoms with E-state index in [1.54, 1.807) is 0 Å². The third-order valence-corrected chi connectivity index (χ3v) is 7.23. The van der Waals surface area contributed by atoms with Gasteiger partial charge in [-0.15, -0.1) is 0 Å². The summed E-state index contributed by atoms with van der Waals surface area (Å²) in [5, 5.41) is 10.7. The number of aliphatic hydroxyl groups excluding tert-OH is 1. The van der Waals surface area contributed by atoms with Crippen LogP contribution in [-0.2, 0) is 9.53 Å². The molecule has 0 spiro atoms. The minimum Gasteiger partial charge on any atom is -0.462 e. The second kappa shape index (κ2) is 8.81. The van der Waals surface area contributed by atoms with Crippen LogP contribution in [0.2, 0.25) is 5.02 Å². The first-order chi connectivity index (χ1) is 13.7. The van der Waals surface area contributed by atoms with Gasteiger partial charge in [0.25, 0.3) is 0 Å². The predicted molar refractivity (Wildman–Crippen MR) is 119 cm³/mol. The molecule has 4 heteroatoms. The van der Waals surface area contributed by atoms with Gasteiger partial charge >= 0.3 is 5.97 Å². The number of hydrogen-bond acceptors (Lipinski definition) is 3. The molecule has 0 amide bonds. The predicted octanol–water partition coefficient (Wildman–Crippen LogP) is 6.57. The largest absolute Gasteiger partial charge is 0.462 e. The van der Waals surface area contributed by atoms with Gasteiger partial charge in [-0.1, -0.05) is 57.0 Å². The maximum atomic E-state index is 11.8. The molecule has 3 nitrogen and oxygen atoms in total. The van der Waals surface area contributed by atoms with E-state index in [2.05, 4.69) is 39.8 Å². The van der Waals surface area contributed by atoms with Gasteiger partial charge in [-0.2, -0.15) is 0 Å². The summed E-state index contributed by atoms with van der Waals surface area (Å²) in [6, 6.07) is 8.23. The zero-order valence-corrected chi connectivity index (χ0v) is 19.0. The number of esters is 1. The molecule has 2 aliphatic rings. The highest BCUT2D eigenvalue weighted by molar-refractivity contribution is 6.30. The molecule has 1 aliphatic carbocycles. The quantitative estimate of drug-likeness (QED) is 0.531. The molecule has 2 atom stereocenters. The van der Waals surface area contributed by atoms with E-state index in [0.717, 1.165) is 37.1 Å². The van der Waals surface area contributed by atoms with E-state index >= 15 is 0 Å². The molecule has 1 heterocycles. The maximum Gasteiger partial charge on any atom is 0.308 e. The number of hydrogen-bond donors (Lipinski definition) is 1. The Kier molecular flexibility index (Phi) is 6.80. The minimum absolute atomic E-state index is 0.122. The lowest BCUT2D eigenvalue weighted by molar-refractivity contribution is -0.160. The Morgan fingerprint density at radius 1 is 1.17 bits per heavy atom. The molecular weight excluding hydrogens is 384 g/mol. The molecule has 1 fully saturated rings. The SMILES string of the molecule is CCC1(CC)CC(C)(C)CC(c2ccc(Cl)cc2)=C1CC[C@H]1C[C@H](O)CC(=O)O1. The van der Waals surface area contributed by atoms with E-state index in [0.29, 0.717) is 6.42 Å². The van der Waals surface area contributed by atoms with Crippen LogP contribution in [0.1, 0.15) is 84.6 Å². The molecule has 0 radical (unpaired) electrons. The standard InChI is InChI=1S/C25H35ClO3/c1-5-25(6-2)16-24(3,4)15-21(17-7-9-18(26)10-8-17)22(25)12-11-20-13-19(27)14-23(28)29-20/h7-10,19-20,27H,5-6,11-16H2,1-4H3/t19-,20-/m0/s1. The lowest BCUT2D eigenvalue weighted by atomic mass is 9.57. The molecule has 1 aromatic rings. The first-order valence-electron chi connectivity index (χ1n) is 11.0. The third kappa shape index (κ3) is 5.06. The van der Waals surface area contributed by atoms with Crippen molar-refractivity contribution in [2.45, 2.75) is 91.3 Å². The fraction of sp³-hybridized carbons (Fsp3) is 0.640. The Morgan fingerprint density at radius 2 is 1.83 bits per heavy atom. The number of allylic oxidation sites excluding steroid dienone is 2. The van der Waals surface area contributed by atoms with E-state index in [9.17, 15) is 9.90 Å². The number of aliphatic hydroxyl groups is 1. The summed E-state index contributed by atoms with van der Waals surface area (Å²) in [4.78, 5) is 11.8. The van der Waals surface area contributed by atoms with Crippen LogP contribution in [0, 0.1) is 10.8 Å². The number of ether oxygens (including phenoxy) is 1. The van der Waals surface area contributed by atoms with Gasteiger partial charge in [0.1, 0.15) is 6.10 Å². The fourth-order valence-corrected chi connectivity index (χ4v) is 5.73. The van der Waals surface area contributed by atoms with Crippen molar-refractivity contribution >= 4 is 23.1 Å². The van der Waals surface area contributed by atoms with Crippen LogP contribution in [0.5, 0.6) is 0 Å². The van der Waals surface area contributed by atoms with Gasteiger partial charge in [-0.25, -0.2) is 0 Å². The summed E-state index contributed by atoms with van der Waals surface area (Å²) in [7, 11) is 0. The summed E-state index contributed by atoms with van der Waals surface area (Å²) >= 11 is 6.16. The third-order valence-electron chi connectivity index (χ3n) is 6.97. The van der Waals surface area contributed by atoms with Gasteiger partial charge in [0.2, 0.25) is 0 Å². The van der Waals surface area contributed by atoms with Gasteiger partial charge in [-0.05, 0) is 72.6 Å². The van der Waals surface area contributed by atoms with Crippen LogP contribution in [0.3, 0.4) is 0 Å². The van der Waals surface area contributed by atoms with Crippen molar-refractivity contribution in [3.63, 3.8) is 0 Å². The zero-order valence-electron chi connectivity index (χ0n) is 18.3. The Bertz CT molecular complexity index is 759. The van der Waals surface area contributed by atoms with Crippen LogP contribution in [0.25, 0.3) is 5.57 Å². The monoisotopic (exact) mass is 418 g/mol. The van der Waals surface area contributed by atoms with Crippen molar-refractivity contribution in [2.24, 2.45) is 10.8 Å². The summed E-state index contributed by atoms with van der Waals surface area (Å²) < 4.78 is 5.54. The summed E-state index contributed by atoms with van der Waals surface area (Å²) in [6.45, 7) is 9.35. The van der Waals surface area contributed by atoms with Gasteiger partial charge in [0, 0.05) is 11.4 Å². The van der Waals surface area contributed by atoms with Crippen molar-refractivity contribution in [1.29, 1.82) is 0 Å². The number of rotatable bonds is 6. The van der Waals surface area contributed by atoms with Crippen molar-refractivity contribution in [3.8, 4) is 0 Å². The van der Waals surface area contributed by atoms with Crippen LogP contribution in [0.15, 0.2) is 29.8 Å². The van der Waals surface area contributed by atoms with Gasteiger partial charge in [-0.3, -0.25) is 4.79 Å². The first kappa shape index (κ1) is 22.4. The van der Waals surface area contributed by atoms with Crippen LogP contribution in [0.4, 0.5) is 0 Å². The molecule has 1 saturated heterocycles. The number of carbonyl (C=O) groups is 1. The van der Waals surface area contributed by atoms with Crippen molar-refractivity contribution in [3.05, 3.63) is 40.4 Å². The average molecular weight is 419 g/mol.